The van der Waals surface area contributed by atoms with Gasteiger partial charge in [0, 0.05) is 35.3 Å². The average Bonchev–Trinajstić information content (AvgIpc) is 3.26. The van der Waals surface area contributed by atoms with Crippen molar-refractivity contribution >= 4 is 34.5 Å². The summed E-state index contributed by atoms with van der Waals surface area (Å²) in [6.45, 7) is 4.61. The van der Waals surface area contributed by atoms with Crippen molar-refractivity contribution < 1.29 is 9.53 Å². The van der Waals surface area contributed by atoms with Gasteiger partial charge in [-0.3, -0.25) is 9.69 Å². The lowest BCUT2D eigenvalue weighted by atomic mass is 10.2. The van der Waals surface area contributed by atoms with Gasteiger partial charge in [0.15, 0.2) is 0 Å². The van der Waals surface area contributed by atoms with Crippen molar-refractivity contribution in [2.45, 2.75) is 32.4 Å². The van der Waals surface area contributed by atoms with Gasteiger partial charge in [-0.05, 0) is 48.9 Å². The van der Waals surface area contributed by atoms with E-state index in [9.17, 15) is 4.79 Å². The second-order valence-electron chi connectivity index (χ2n) is 6.34. The van der Waals surface area contributed by atoms with Crippen LogP contribution in [0.1, 0.15) is 23.3 Å². The molecule has 1 aliphatic rings. The highest BCUT2D eigenvalue weighted by atomic mass is 35.5. The van der Waals surface area contributed by atoms with Gasteiger partial charge in [0.1, 0.15) is 0 Å². The van der Waals surface area contributed by atoms with E-state index in [0.717, 1.165) is 43.8 Å². The summed E-state index contributed by atoms with van der Waals surface area (Å²) in [5.74, 6) is -0.0279. The molecule has 0 unspecified atom stereocenters. The molecule has 0 bridgehead atoms. The van der Waals surface area contributed by atoms with Gasteiger partial charge in [-0.25, -0.2) is 0 Å². The number of benzene rings is 1. The van der Waals surface area contributed by atoms with E-state index in [1.165, 1.54) is 4.88 Å². The molecule has 3 rings (SSSR count). The van der Waals surface area contributed by atoms with Crippen LogP contribution < -0.4 is 5.32 Å². The molecule has 1 amide bonds. The standard InChI is InChI=1S/C19H23ClN2O2S/c1-14-17(20)7-2-8-18(14)21-19(23)13-22(11-15-5-3-9-24-15)12-16-6-4-10-25-16/h2,4,6-8,10,15H,3,5,9,11-13H2,1H3,(H,21,23)/t15-/m0/s1. The number of ether oxygens (including phenoxy) is 1. The van der Waals surface area contributed by atoms with Crippen molar-refractivity contribution in [3.63, 3.8) is 0 Å². The SMILES string of the molecule is Cc1c(Cl)cccc1NC(=O)CN(Cc1cccs1)C[C@@H]1CCCO1. The van der Waals surface area contributed by atoms with Gasteiger partial charge in [0.2, 0.25) is 5.91 Å². The Balaban J connectivity index is 1.63. The maximum atomic E-state index is 12.6. The first-order chi connectivity index (χ1) is 12.1. The van der Waals surface area contributed by atoms with E-state index in [2.05, 4.69) is 21.7 Å². The van der Waals surface area contributed by atoms with Crippen LogP contribution in [0.15, 0.2) is 35.7 Å². The summed E-state index contributed by atoms with van der Waals surface area (Å²) < 4.78 is 5.75. The lowest BCUT2D eigenvalue weighted by molar-refractivity contribution is -0.117. The number of anilines is 1. The first-order valence-electron chi connectivity index (χ1n) is 8.53. The fourth-order valence-corrected chi connectivity index (χ4v) is 3.94. The molecule has 0 saturated carbocycles. The third-order valence-corrected chi connectivity index (χ3v) is 5.62. The Labute approximate surface area is 157 Å². The van der Waals surface area contributed by atoms with E-state index in [1.54, 1.807) is 11.3 Å². The van der Waals surface area contributed by atoms with Crippen LogP contribution in [-0.2, 0) is 16.1 Å². The number of halogens is 1. The van der Waals surface area contributed by atoms with Crippen molar-refractivity contribution in [1.29, 1.82) is 0 Å². The van der Waals surface area contributed by atoms with E-state index in [4.69, 9.17) is 16.3 Å². The van der Waals surface area contributed by atoms with Crippen LogP contribution in [0, 0.1) is 6.92 Å². The van der Waals surface area contributed by atoms with E-state index in [1.807, 2.05) is 31.2 Å². The summed E-state index contributed by atoms with van der Waals surface area (Å²) in [5, 5.41) is 5.71. The highest BCUT2D eigenvalue weighted by Crippen LogP contribution is 2.23. The summed E-state index contributed by atoms with van der Waals surface area (Å²) in [7, 11) is 0. The van der Waals surface area contributed by atoms with Crippen molar-refractivity contribution in [3.8, 4) is 0 Å². The number of nitrogens with one attached hydrogen (secondary N) is 1. The molecule has 0 radical (unpaired) electrons. The van der Waals surface area contributed by atoms with Crippen LogP contribution >= 0.6 is 22.9 Å². The zero-order chi connectivity index (χ0) is 17.6. The number of amides is 1. The lowest BCUT2D eigenvalue weighted by Crippen LogP contribution is -2.37. The van der Waals surface area contributed by atoms with Crippen molar-refractivity contribution in [2.24, 2.45) is 0 Å². The number of hydrogen-bond donors (Lipinski definition) is 1. The molecule has 25 heavy (non-hydrogen) atoms. The van der Waals surface area contributed by atoms with Crippen LogP contribution in [-0.4, -0.2) is 36.6 Å². The third kappa shape index (κ3) is 5.28. The van der Waals surface area contributed by atoms with E-state index in [-0.39, 0.29) is 12.0 Å². The van der Waals surface area contributed by atoms with E-state index < -0.39 is 0 Å². The number of nitrogens with zero attached hydrogens (tertiary/aromatic N) is 1. The number of hydrogen-bond acceptors (Lipinski definition) is 4. The van der Waals surface area contributed by atoms with Gasteiger partial charge in [0.05, 0.1) is 12.6 Å². The molecule has 1 aromatic heterocycles. The molecule has 6 heteroatoms. The zero-order valence-electron chi connectivity index (χ0n) is 14.3. The van der Waals surface area contributed by atoms with Crippen LogP contribution in [0.5, 0.6) is 0 Å². The Bertz CT molecular complexity index is 699. The average molecular weight is 379 g/mol. The molecule has 1 aromatic carbocycles. The Hall–Kier alpha value is -1.40. The van der Waals surface area contributed by atoms with Gasteiger partial charge < -0.3 is 10.1 Å². The third-order valence-electron chi connectivity index (χ3n) is 4.35. The van der Waals surface area contributed by atoms with Crippen LogP contribution in [0.3, 0.4) is 0 Å². The molecule has 2 aromatic rings. The van der Waals surface area contributed by atoms with Crippen LogP contribution in [0.4, 0.5) is 5.69 Å². The number of rotatable bonds is 7. The van der Waals surface area contributed by atoms with Gasteiger partial charge in [-0.15, -0.1) is 11.3 Å². The Morgan fingerprint density at radius 2 is 2.28 bits per heavy atom. The highest BCUT2D eigenvalue weighted by Gasteiger charge is 2.21. The molecule has 0 spiro atoms. The van der Waals surface area contributed by atoms with E-state index in [0.29, 0.717) is 11.6 Å². The second kappa shape index (κ2) is 8.81. The van der Waals surface area contributed by atoms with Crippen molar-refractivity contribution in [1.82, 2.24) is 4.90 Å². The van der Waals surface area contributed by atoms with Crippen LogP contribution in [0.2, 0.25) is 5.02 Å². The minimum atomic E-state index is -0.0279. The molecule has 1 N–H and O–H groups in total. The minimum absolute atomic E-state index is 0.0279. The van der Waals surface area contributed by atoms with Crippen molar-refractivity contribution in [2.75, 3.05) is 25.0 Å². The Kier molecular flexibility index (Phi) is 6.48. The van der Waals surface area contributed by atoms with Gasteiger partial charge >= 0.3 is 0 Å². The number of carbonyl (C=O) groups is 1. The Morgan fingerprint density at radius 1 is 1.40 bits per heavy atom. The molecule has 0 aliphatic carbocycles. The predicted molar refractivity (Wildman–Crippen MR) is 103 cm³/mol. The zero-order valence-corrected chi connectivity index (χ0v) is 15.9. The molecular weight excluding hydrogens is 356 g/mol. The number of carbonyl (C=O) groups excluding carboxylic acids is 1. The quantitative estimate of drug-likeness (QED) is 0.779. The van der Waals surface area contributed by atoms with Gasteiger partial charge in [-0.2, -0.15) is 0 Å². The monoisotopic (exact) mass is 378 g/mol. The molecule has 4 nitrogen and oxygen atoms in total. The minimum Gasteiger partial charge on any atom is -0.377 e. The normalized spacial score (nSPS) is 17.2. The topological polar surface area (TPSA) is 41.6 Å². The number of thiophene rings is 1. The maximum absolute atomic E-state index is 12.6. The largest absolute Gasteiger partial charge is 0.377 e. The highest BCUT2D eigenvalue weighted by molar-refractivity contribution is 7.09. The lowest BCUT2D eigenvalue weighted by Gasteiger charge is -2.24. The predicted octanol–water partition coefficient (Wildman–Crippen LogP) is 4.33. The van der Waals surface area contributed by atoms with Gasteiger partial charge in [-0.1, -0.05) is 23.7 Å². The smallest absolute Gasteiger partial charge is 0.238 e. The van der Waals surface area contributed by atoms with Crippen LogP contribution in [0.25, 0.3) is 0 Å². The summed E-state index contributed by atoms with van der Waals surface area (Å²) >= 11 is 7.85. The second-order valence-corrected chi connectivity index (χ2v) is 7.78. The molecular formula is C19H23ClN2O2S. The fourth-order valence-electron chi connectivity index (χ4n) is 3.02. The molecule has 1 fully saturated rings. The molecule has 1 aliphatic heterocycles. The summed E-state index contributed by atoms with van der Waals surface area (Å²) in [6, 6.07) is 9.70. The molecule has 1 atom stereocenters. The first-order valence-corrected chi connectivity index (χ1v) is 9.79. The van der Waals surface area contributed by atoms with Crippen molar-refractivity contribution in [3.05, 3.63) is 51.2 Å². The summed E-state index contributed by atoms with van der Waals surface area (Å²) in [4.78, 5) is 16.0. The molecule has 2 heterocycles. The summed E-state index contributed by atoms with van der Waals surface area (Å²) in [5.41, 5.74) is 1.66. The van der Waals surface area contributed by atoms with Gasteiger partial charge in [0.25, 0.3) is 0 Å². The van der Waals surface area contributed by atoms with E-state index >= 15 is 0 Å². The Morgan fingerprint density at radius 3 is 3.00 bits per heavy atom. The molecule has 134 valence electrons. The maximum Gasteiger partial charge on any atom is 0.238 e. The molecule has 1 saturated heterocycles. The first kappa shape index (κ1) is 18.4. The summed E-state index contributed by atoms with van der Waals surface area (Å²) in [6.07, 6.45) is 2.39. The fraction of sp³-hybridized carbons (Fsp3) is 0.421.